The fourth-order valence-electron chi connectivity index (χ4n) is 3.22. The number of benzene rings is 2. The lowest BCUT2D eigenvalue weighted by atomic mass is 9.94. The van der Waals surface area contributed by atoms with Crippen LogP contribution in [0.5, 0.6) is 0 Å². The topological polar surface area (TPSA) is 66.4 Å². The first-order valence-electron chi connectivity index (χ1n) is 8.69. The molecule has 142 valence electrons. The summed E-state index contributed by atoms with van der Waals surface area (Å²) in [6, 6.07) is 11.9. The zero-order valence-electron chi connectivity index (χ0n) is 15.2. The van der Waals surface area contributed by atoms with Gasteiger partial charge in [-0.2, -0.15) is 0 Å². The van der Waals surface area contributed by atoms with Crippen LogP contribution in [0.1, 0.15) is 36.1 Å². The molecule has 0 aromatic heterocycles. The lowest BCUT2D eigenvalue weighted by Gasteiger charge is -2.10. The van der Waals surface area contributed by atoms with E-state index < -0.39 is 22.9 Å². The summed E-state index contributed by atoms with van der Waals surface area (Å²) in [5.41, 5.74) is 3.29. The van der Waals surface area contributed by atoms with E-state index in [1.807, 2.05) is 24.3 Å². The largest absolute Gasteiger partial charge is 0.772 e. The van der Waals surface area contributed by atoms with Crippen LogP contribution in [0.3, 0.4) is 0 Å². The Morgan fingerprint density at radius 3 is 2.41 bits per heavy atom. The minimum absolute atomic E-state index is 0.00827. The number of hydrogen-bond donors (Lipinski definition) is 0. The van der Waals surface area contributed by atoms with Crippen molar-refractivity contribution < 1.29 is 22.7 Å². The molecule has 0 spiro atoms. The Labute approximate surface area is 160 Å². The molecule has 0 bridgehead atoms. The standard InChI is InChI=1S/C21H21FO4S/c1-13(2)9-14-3-6-16(7-4-14)20-18(11-26-21(20)23)17-8-5-15(10-19(17)22)12-27(24)25/h3-8,10,13H,9,11-12H2,1-2H3,(H,24,25)/p-1. The van der Waals surface area contributed by atoms with E-state index in [4.69, 9.17) is 4.74 Å². The first-order chi connectivity index (χ1) is 12.8. The second-order valence-electron chi connectivity index (χ2n) is 6.99. The molecule has 0 aliphatic carbocycles. The first kappa shape index (κ1) is 19.5. The van der Waals surface area contributed by atoms with E-state index in [1.54, 1.807) is 6.07 Å². The van der Waals surface area contributed by atoms with Crippen molar-refractivity contribution in [3.05, 3.63) is 70.5 Å². The van der Waals surface area contributed by atoms with E-state index >= 15 is 0 Å². The fourth-order valence-corrected chi connectivity index (χ4v) is 3.67. The molecule has 0 saturated heterocycles. The maximum atomic E-state index is 14.6. The van der Waals surface area contributed by atoms with Crippen LogP contribution in [0.4, 0.5) is 4.39 Å². The molecule has 0 saturated carbocycles. The highest BCUT2D eigenvalue weighted by atomic mass is 32.2. The van der Waals surface area contributed by atoms with Crippen LogP contribution in [0, 0.1) is 11.7 Å². The molecule has 3 rings (SSSR count). The average Bonchev–Trinajstić information content (AvgIpc) is 2.96. The van der Waals surface area contributed by atoms with Gasteiger partial charge in [0.25, 0.3) is 0 Å². The highest BCUT2D eigenvalue weighted by molar-refractivity contribution is 7.78. The third-order valence-corrected chi connectivity index (χ3v) is 4.95. The van der Waals surface area contributed by atoms with Gasteiger partial charge in [-0.1, -0.05) is 61.3 Å². The van der Waals surface area contributed by atoms with Gasteiger partial charge in [0.05, 0.1) is 5.57 Å². The summed E-state index contributed by atoms with van der Waals surface area (Å²) < 4.78 is 41.3. The number of carbonyl (C=O) groups is 1. The maximum Gasteiger partial charge on any atom is 0.339 e. The summed E-state index contributed by atoms with van der Waals surface area (Å²) in [5, 5.41) is 0. The van der Waals surface area contributed by atoms with Crippen LogP contribution in [-0.2, 0) is 32.8 Å². The van der Waals surface area contributed by atoms with Gasteiger partial charge in [0.2, 0.25) is 0 Å². The summed E-state index contributed by atoms with van der Waals surface area (Å²) >= 11 is -2.29. The van der Waals surface area contributed by atoms with Crippen molar-refractivity contribution in [3.63, 3.8) is 0 Å². The molecule has 4 nitrogen and oxygen atoms in total. The van der Waals surface area contributed by atoms with Gasteiger partial charge in [-0.05, 0) is 35.1 Å². The Morgan fingerprint density at radius 2 is 1.81 bits per heavy atom. The lowest BCUT2D eigenvalue weighted by Crippen LogP contribution is -2.00. The molecule has 0 amide bonds. The van der Waals surface area contributed by atoms with Crippen molar-refractivity contribution in [1.29, 1.82) is 0 Å². The normalized spacial score (nSPS) is 15.4. The van der Waals surface area contributed by atoms with Crippen molar-refractivity contribution >= 4 is 28.2 Å². The Balaban J connectivity index is 1.98. The molecule has 1 unspecified atom stereocenters. The molecular formula is C21H20FO4S-. The smallest absolute Gasteiger partial charge is 0.339 e. The Hall–Kier alpha value is -2.31. The van der Waals surface area contributed by atoms with E-state index in [9.17, 15) is 17.9 Å². The third kappa shape index (κ3) is 4.51. The minimum Gasteiger partial charge on any atom is -0.772 e. The number of esters is 1. The predicted octanol–water partition coefficient (Wildman–Crippen LogP) is 3.87. The van der Waals surface area contributed by atoms with E-state index in [0.717, 1.165) is 6.42 Å². The lowest BCUT2D eigenvalue weighted by molar-refractivity contribution is -0.133. The number of halogens is 1. The Kier molecular flexibility index (Phi) is 5.87. The molecule has 27 heavy (non-hydrogen) atoms. The number of cyclic esters (lactones) is 1. The highest BCUT2D eigenvalue weighted by Crippen LogP contribution is 2.34. The SMILES string of the molecule is CC(C)Cc1ccc(C2=C(c3ccc(CS(=O)[O-])cc3F)COC2=O)cc1. The third-order valence-electron chi connectivity index (χ3n) is 4.38. The molecule has 6 heteroatoms. The second kappa shape index (κ2) is 8.15. The Bertz CT molecular complexity index is 916. The van der Waals surface area contributed by atoms with Crippen molar-refractivity contribution in [2.45, 2.75) is 26.0 Å². The summed E-state index contributed by atoms with van der Waals surface area (Å²) in [5.74, 6) is -0.778. The molecular weight excluding hydrogens is 367 g/mol. The van der Waals surface area contributed by atoms with Crippen LogP contribution in [-0.4, -0.2) is 21.3 Å². The second-order valence-corrected chi connectivity index (χ2v) is 7.88. The maximum absolute atomic E-state index is 14.6. The fraction of sp³-hybridized carbons (Fsp3) is 0.286. The van der Waals surface area contributed by atoms with Gasteiger partial charge in [0.15, 0.2) is 0 Å². The van der Waals surface area contributed by atoms with Crippen LogP contribution >= 0.6 is 0 Å². The molecule has 1 aliphatic heterocycles. The number of carbonyl (C=O) groups excluding carboxylic acids is 1. The van der Waals surface area contributed by atoms with Gasteiger partial charge in [-0.25, -0.2) is 9.18 Å². The van der Waals surface area contributed by atoms with Crippen molar-refractivity contribution in [2.75, 3.05) is 6.61 Å². The number of ether oxygens (including phenoxy) is 1. The minimum atomic E-state index is -2.29. The predicted molar refractivity (Wildman–Crippen MR) is 102 cm³/mol. The quantitative estimate of drug-likeness (QED) is 0.557. The molecule has 2 aromatic carbocycles. The van der Waals surface area contributed by atoms with Crippen molar-refractivity contribution in [3.8, 4) is 0 Å². The number of hydrogen-bond acceptors (Lipinski definition) is 4. The van der Waals surface area contributed by atoms with Gasteiger partial charge in [0, 0.05) is 16.9 Å². The summed E-state index contributed by atoms with van der Waals surface area (Å²) in [6.45, 7) is 4.27. The van der Waals surface area contributed by atoms with Gasteiger partial charge >= 0.3 is 5.97 Å². The molecule has 0 N–H and O–H groups in total. The summed E-state index contributed by atoms with van der Waals surface area (Å²) in [4.78, 5) is 12.3. The van der Waals surface area contributed by atoms with E-state index in [2.05, 4.69) is 13.8 Å². The van der Waals surface area contributed by atoms with E-state index in [-0.39, 0.29) is 17.9 Å². The van der Waals surface area contributed by atoms with Crippen LogP contribution in [0.15, 0.2) is 42.5 Å². The molecule has 1 heterocycles. The molecule has 1 atom stereocenters. The first-order valence-corrected chi connectivity index (χ1v) is 9.93. The van der Waals surface area contributed by atoms with Gasteiger partial charge in [0.1, 0.15) is 12.4 Å². The highest BCUT2D eigenvalue weighted by Gasteiger charge is 2.28. The molecule has 1 aliphatic rings. The summed E-state index contributed by atoms with van der Waals surface area (Å²) in [6.07, 6.45) is 0.938. The van der Waals surface area contributed by atoms with E-state index in [1.165, 1.54) is 17.7 Å². The molecule has 0 radical (unpaired) electrons. The van der Waals surface area contributed by atoms with Crippen LogP contribution in [0.2, 0.25) is 0 Å². The van der Waals surface area contributed by atoms with Gasteiger partial charge in [-0.15, -0.1) is 0 Å². The van der Waals surface area contributed by atoms with Crippen LogP contribution < -0.4 is 0 Å². The van der Waals surface area contributed by atoms with Gasteiger partial charge < -0.3 is 9.29 Å². The van der Waals surface area contributed by atoms with Crippen molar-refractivity contribution in [1.82, 2.24) is 0 Å². The van der Waals surface area contributed by atoms with Crippen LogP contribution in [0.25, 0.3) is 11.1 Å². The molecule has 2 aromatic rings. The van der Waals surface area contributed by atoms with E-state index in [0.29, 0.717) is 28.2 Å². The zero-order valence-corrected chi connectivity index (χ0v) is 16.0. The zero-order chi connectivity index (χ0) is 19.6. The monoisotopic (exact) mass is 387 g/mol. The average molecular weight is 387 g/mol. The van der Waals surface area contributed by atoms with Crippen molar-refractivity contribution in [2.24, 2.45) is 5.92 Å². The molecule has 0 fully saturated rings. The van der Waals surface area contributed by atoms with Gasteiger partial charge in [-0.3, -0.25) is 4.21 Å². The number of rotatable bonds is 6. The summed E-state index contributed by atoms with van der Waals surface area (Å²) in [7, 11) is 0. The Morgan fingerprint density at radius 1 is 1.15 bits per heavy atom.